The molecule has 7 nitrogen and oxygen atoms in total. The lowest BCUT2D eigenvalue weighted by Gasteiger charge is -2.29. The normalized spacial score (nSPS) is 14.7. The van der Waals surface area contributed by atoms with Crippen molar-refractivity contribution in [2.24, 2.45) is 0 Å². The summed E-state index contributed by atoms with van der Waals surface area (Å²) in [5.74, 6) is -0.235. The first-order valence-electron chi connectivity index (χ1n) is 10.9. The summed E-state index contributed by atoms with van der Waals surface area (Å²) in [6.07, 6.45) is 0. The number of hydrogen-bond acceptors (Lipinski definition) is 4. The third-order valence-corrected chi connectivity index (χ3v) is 5.53. The lowest BCUT2D eigenvalue weighted by atomic mass is 10.2. The van der Waals surface area contributed by atoms with Crippen molar-refractivity contribution >= 4 is 23.2 Å². The minimum atomic E-state index is -0.198. The predicted molar refractivity (Wildman–Crippen MR) is 122 cm³/mol. The molecule has 1 saturated heterocycles. The van der Waals surface area contributed by atoms with E-state index in [4.69, 9.17) is 4.74 Å². The van der Waals surface area contributed by atoms with Gasteiger partial charge in [0, 0.05) is 37.1 Å². The summed E-state index contributed by atoms with van der Waals surface area (Å²) in [5.41, 5.74) is 3.05. The Morgan fingerprint density at radius 1 is 1.06 bits per heavy atom. The molecule has 1 aliphatic heterocycles. The SMILES string of the molecule is CC[NH+](CC(=O)N(C)CC(=O)Nc1ccc(N2CCOCC2)cc1)Cc1ccccc1. The van der Waals surface area contributed by atoms with Crippen molar-refractivity contribution in [3.8, 4) is 0 Å². The maximum atomic E-state index is 12.6. The highest BCUT2D eigenvalue weighted by Crippen LogP contribution is 2.19. The molecule has 166 valence electrons. The van der Waals surface area contributed by atoms with Crippen LogP contribution >= 0.6 is 0 Å². The second-order valence-electron chi connectivity index (χ2n) is 7.89. The molecule has 0 spiro atoms. The summed E-state index contributed by atoms with van der Waals surface area (Å²) < 4.78 is 5.38. The molecular formula is C24H33N4O3+. The van der Waals surface area contributed by atoms with E-state index in [0.717, 1.165) is 50.8 Å². The number of nitrogens with zero attached hydrogens (tertiary/aromatic N) is 2. The van der Waals surface area contributed by atoms with Gasteiger partial charge in [-0.15, -0.1) is 0 Å². The smallest absolute Gasteiger partial charge is 0.277 e. The fraction of sp³-hybridized carbons (Fsp3) is 0.417. The number of ether oxygens (including phenoxy) is 1. The average Bonchev–Trinajstić information content (AvgIpc) is 2.80. The van der Waals surface area contributed by atoms with Crippen molar-refractivity contribution in [2.45, 2.75) is 13.5 Å². The van der Waals surface area contributed by atoms with Gasteiger partial charge < -0.3 is 24.8 Å². The van der Waals surface area contributed by atoms with E-state index in [2.05, 4.69) is 29.3 Å². The molecule has 0 aromatic heterocycles. The van der Waals surface area contributed by atoms with Gasteiger partial charge in [0.05, 0.1) is 26.3 Å². The van der Waals surface area contributed by atoms with E-state index in [9.17, 15) is 9.59 Å². The van der Waals surface area contributed by atoms with Crippen LogP contribution in [0.25, 0.3) is 0 Å². The van der Waals surface area contributed by atoms with Gasteiger partial charge in [-0.2, -0.15) is 0 Å². The molecule has 2 amide bonds. The van der Waals surface area contributed by atoms with E-state index >= 15 is 0 Å². The number of rotatable bonds is 9. The van der Waals surface area contributed by atoms with Crippen LogP contribution in [0.15, 0.2) is 54.6 Å². The van der Waals surface area contributed by atoms with E-state index in [1.807, 2.05) is 42.5 Å². The van der Waals surface area contributed by atoms with Crippen LogP contribution in [0, 0.1) is 0 Å². The number of likely N-dealkylation sites (N-methyl/N-ethyl adjacent to an activating group) is 2. The molecule has 7 heteroatoms. The average molecular weight is 426 g/mol. The highest BCUT2D eigenvalue weighted by molar-refractivity contribution is 5.94. The minimum Gasteiger partial charge on any atom is -0.378 e. The lowest BCUT2D eigenvalue weighted by Crippen LogP contribution is -3.11. The summed E-state index contributed by atoms with van der Waals surface area (Å²) in [7, 11) is 1.68. The van der Waals surface area contributed by atoms with Crippen LogP contribution in [0.4, 0.5) is 11.4 Å². The number of carbonyl (C=O) groups is 2. The number of hydrogen-bond donors (Lipinski definition) is 2. The van der Waals surface area contributed by atoms with Crippen molar-refractivity contribution in [3.63, 3.8) is 0 Å². The molecule has 1 atom stereocenters. The van der Waals surface area contributed by atoms with Crippen molar-refractivity contribution < 1.29 is 19.2 Å². The van der Waals surface area contributed by atoms with Gasteiger partial charge in [-0.05, 0) is 31.2 Å². The van der Waals surface area contributed by atoms with Crippen LogP contribution in [-0.2, 0) is 20.9 Å². The Labute approximate surface area is 184 Å². The molecule has 2 aromatic rings. The standard InChI is InChI=1S/C24H32N4O3/c1-3-27(17-20-7-5-4-6-8-20)19-24(30)26(2)18-23(29)25-21-9-11-22(12-10-21)28-13-15-31-16-14-28/h4-12H,3,13-19H2,1-2H3,(H,25,29)/p+1. The van der Waals surface area contributed by atoms with E-state index in [-0.39, 0.29) is 18.4 Å². The number of amides is 2. The molecule has 0 saturated carbocycles. The molecule has 1 heterocycles. The zero-order valence-electron chi connectivity index (χ0n) is 18.5. The van der Waals surface area contributed by atoms with Gasteiger partial charge in [0.2, 0.25) is 5.91 Å². The lowest BCUT2D eigenvalue weighted by molar-refractivity contribution is -0.904. The maximum Gasteiger partial charge on any atom is 0.277 e. The van der Waals surface area contributed by atoms with Crippen LogP contribution in [0.5, 0.6) is 0 Å². The number of carbonyl (C=O) groups excluding carboxylic acids is 2. The Morgan fingerprint density at radius 3 is 2.39 bits per heavy atom. The molecule has 2 aromatic carbocycles. The first-order chi connectivity index (χ1) is 15.0. The molecule has 1 unspecified atom stereocenters. The van der Waals surface area contributed by atoms with Gasteiger partial charge in [-0.1, -0.05) is 30.3 Å². The zero-order chi connectivity index (χ0) is 22.1. The molecule has 31 heavy (non-hydrogen) atoms. The maximum absolute atomic E-state index is 12.6. The molecule has 0 radical (unpaired) electrons. The Kier molecular flexibility index (Phi) is 8.44. The topological polar surface area (TPSA) is 66.3 Å². The Hall–Kier alpha value is -2.90. The fourth-order valence-electron chi connectivity index (χ4n) is 3.63. The third-order valence-electron chi connectivity index (χ3n) is 5.53. The Morgan fingerprint density at radius 2 is 1.74 bits per heavy atom. The number of quaternary nitrogens is 1. The minimum absolute atomic E-state index is 0.0341. The quantitative estimate of drug-likeness (QED) is 0.630. The number of nitrogens with one attached hydrogen (secondary N) is 2. The van der Waals surface area contributed by atoms with Crippen LogP contribution in [0.2, 0.25) is 0 Å². The van der Waals surface area contributed by atoms with Crippen LogP contribution in [0.3, 0.4) is 0 Å². The van der Waals surface area contributed by atoms with Crippen molar-refractivity contribution in [2.75, 3.05) is 63.2 Å². The zero-order valence-corrected chi connectivity index (χ0v) is 18.5. The van der Waals surface area contributed by atoms with E-state index < -0.39 is 0 Å². The van der Waals surface area contributed by atoms with Crippen molar-refractivity contribution in [1.29, 1.82) is 0 Å². The van der Waals surface area contributed by atoms with Gasteiger partial charge in [-0.3, -0.25) is 9.59 Å². The van der Waals surface area contributed by atoms with Crippen LogP contribution < -0.4 is 15.1 Å². The third kappa shape index (κ3) is 7.08. The van der Waals surface area contributed by atoms with E-state index in [1.54, 1.807) is 7.05 Å². The van der Waals surface area contributed by atoms with Gasteiger partial charge in [0.1, 0.15) is 6.54 Å². The van der Waals surface area contributed by atoms with Gasteiger partial charge in [-0.25, -0.2) is 0 Å². The van der Waals surface area contributed by atoms with Crippen molar-refractivity contribution in [3.05, 3.63) is 60.2 Å². The highest BCUT2D eigenvalue weighted by Gasteiger charge is 2.19. The van der Waals surface area contributed by atoms with Crippen LogP contribution in [0.1, 0.15) is 12.5 Å². The fourth-order valence-corrected chi connectivity index (χ4v) is 3.63. The van der Waals surface area contributed by atoms with Crippen LogP contribution in [-0.4, -0.2) is 69.7 Å². The summed E-state index contributed by atoms with van der Waals surface area (Å²) in [5, 5.41) is 2.88. The summed E-state index contributed by atoms with van der Waals surface area (Å²) in [6.45, 7) is 7.32. The first-order valence-corrected chi connectivity index (χ1v) is 10.9. The molecule has 3 rings (SSSR count). The summed E-state index contributed by atoms with van der Waals surface area (Å²) in [4.78, 5) is 30.0. The number of morpholine rings is 1. The second-order valence-corrected chi connectivity index (χ2v) is 7.89. The largest absolute Gasteiger partial charge is 0.378 e. The second kappa shape index (κ2) is 11.5. The molecule has 0 bridgehead atoms. The molecule has 1 aliphatic rings. The molecular weight excluding hydrogens is 392 g/mol. The molecule has 1 fully saturated rings. The summed E-state index contributed by atoms with van der Waals surface area (Å²) in [6, 6.07) is 17.9. The van der Waals surface area contributed by atoms with E-state index in [1.165, 1.54) is 15.4 Å². The van der Waals surface area contributed by atoms with Gasteiger partial charge >= 0.3 is 0 Å². The predicted octanol–water partition coefficient (Wildman–Crippen LogP) is 1.03. The molecule has 0 aliphatic carbocycles. The highest BCUT2D eigenvalue weighted by atomic mass is 16.5. The van der Waals surface area contributed by atoms with Gasteiger partial charge in [0.25, 0.3) is 5.91 Å². The molecule has 2 N–H and O–H groups in total. The first kappa shape index (κ1) is 22.8. The monoisotopic (exact) mass is 425 g/mol. The van der Waals surface area contributed by atoms with Gasteiger partial charge in [0.15, 0.2) is 6.54 Å². The number of anilines is 2. The Bertz CT molecular complexity index is 836. The Balaban J connectivity index is 1.46. The van der Waals surface area contributed by atoms with E-state index in [0.29, 0.717) is 6.54 Å². The summed E-state index contributed by atoms with van der Waals surface area (Å²) >= 11 is 0. The van der Waals surface area contributed by atoms with Crippen molar-refractivity contribution in [1.82, 2.24) is 4.90 Å². The number of benzene rings is 2.